The minimum atomic E-state index is -4.18. The first-order chi connectivity index (χ1) is 16.3. The summed E-state index contributed by atoms with van der Waals surface area (Å²) in [6, 6.07) is 12.7. The molecule has 1 fully saturated rings. The third-order valence-electron chi connectivity index (χ3n) is 5.82. The lowest BCUT2D eigenvalue weighted by Crippen LogP contribution is -2.39. The van der Waals surface area contributed by atoms with Crippen molar-refractivity contribution in [1.82, 2.24) is 9.29 Å². The number of hydrogen-bond donors (Lipinski definition) is 1. The van der Waals surface area contributed by atoms with Crippen LogP contribution in [0.2, 0.25) is 0 Å². The number of pyridine rings is 1. The molecule has 1 saturated heterocycles. The second kappa shape index (κ2) is 9.96. The van der Waals surface area contributed by atoms with Gasteiger partial charge < -0.3 is 19.2 Å². The number of aromatic amines is 1. The van der Waals surface area contributed by atoms with Crippen LogP contribution in [0.5, 0.6) is 5.75 Å². The van der Waals surface area contributed by atoms with E-state index in [1.165, 1.54) is 23.5 Å². The largest absolute Gasteiger partial charge is 0.497 e. The normalized spacial score (nSPS) is 16.1. The maximum Gasteiger partial charge on any atom is 0.339 e. The molecule has 1 aliphatic rings. The molecule has 1 atom stereocenters. The van der Waals surface area contributed by atoms with Crippen molar-refractivity contribution in [3.05, 3.63) is 70.0 Å². The lowest BCUT2D eigenvalue weighted by molar-refractivity contribution is 0.0596. The quantitative estimate of drug-likeness (QED) is 0.487. The van der Waals surface area contributed by atoms with Crippen molar-refractivity contribution in [3.63, 3.8) is 0 Å². The molecule has 1 unspecified atom stereocenters. The molecular formula is C24H26N2O7S. The number of methoxy groups -OCH3 is 2. The van der Waals surface area contributed by atoms with Crippen LogP contribution in [0.15, 0.2) is 58.2 Å². The summed E-state index contributed by atoms with van der Waals surface area (Å²) in [5.74, 6) is -0.145. The van der Waals surface area contributed by atoms with E-state index in [9.17, 15) is 18.0 Å². The fraction of sp³-hybridized carbons (Fsp3) is 0.333. The van der Waals surface area contributed by atoms with Crippen molar-refractivity contribution in [3.8, 4) is 5.75 Å². The third-order valence-corrected chi connectivity index (χ3v) is 7.69. The minimum absolute atomic E-state index is 0.0490. The van der Waals surface area contributed by atoms with Gasteiger partial charge in [-0.1, -0.05) is 12.1 Å². The van der Waals surface area contributed by atoms with Gasteiger partial charge in [-0.2, -0.15) is 4.31 Å². The first-order valence-electron chi connectivity index (χ1n) is 10.8. The average Bonchev–Trinajstić information content (AvgIpc) is 3.36. The van der Waals surface area contributed by atoms with Gasteiger partial charge in [-0.3, -0.25) is 4.79 Å². The molecule has 0 radical (unpaired) electrons. The van der Waals surface area contributed by atoms with Crippen molar-refractivity contribution in [2.24, 2.45) is 0 Å². The predicted octanol–water partition coefficient (Wildman–Crippen LogP) is 2.69. The Kier molecular flexibility index (Phi) is 7.01. The Labute approximate surface area is 197 Å². The molecule has 0 bridgehead atoms. The topological polar surface area (TPSA) is 115 Å². The minimum Gasteiger partial charge on any atom is -0.497 e. The molecule has 0 aliphatic carbocycles. The number of rotatable bonds is 8. The number of nitrogens with one attached hydrogen (secondary N) is 1. The van der Waals surface area contributed by atoms with Crippen LogP contribution in [0.1, 0.15) is 28.8 Å². The summed E-state index contributed by atoms with van der Waals surface area (Å²) in [5, 5.41) is 0.707. The predicted molar refractivity (Wildman–Crippen MR) is 125 cm³/mol. The molecule has 3 aromatic rings. The van der Waals surface area contributed by atoms with E-state index in [2.05, 4.69) is 4.98 Å². The molecule has 10 heteroatoms. The van der Waals surface area contributed by atoms with Crippen molar-refractivity contribution in [1.29, 1.82) is 0 Å². The zero-order valence-corrected chi connectivity index (χ0v) is 19.8. The monoisotopic (exact) mass is 486 g/mol. The van der Waals surface area contributed by atoms with Crippen LogP contribution in [0, 0.1) is 0 Å². The number of ether oxygens (including phenoxy) is 3. The Morgan fingerprint density at radius 1 is 1.18 bits per heavy atom. The van der Waals surface area contributed by atoms with Gasteiger partial charge in [-0.05, 0) is 49.2 Å². The highest BCUT2D eigenvalue weighted by Crippen LogP contribution is 2.26. The van der Waals surface area contributed by atoms with E-state index >= 15 is 0 Å². The zero-order valence-electron chi connectivity index (χ0n) is 18.9. The smallest absolute Gasteiger partial charge is 0.339 e. The van der Waals surface area contributed by atoms with Crippen LogP contribution < -0.4 is 10.3 Å². The summed E-state index contributed by atoms with van der Waals surface area (Å²) in [5.41, 5.74) is 0.406. The molecule has 2 aromatic carbocycles. The first-order valence-corrected chi connectivity index (χ1v) is 12.3. The van der Waals surface area contributed by atoms with Crippen molar-refractivity contribution in [2.45, 2.75) is 30.4 Å². The second-order valence-corrected chi connectivity index (χ2v) is 9.90. The highest BCUT2D eigenvalue weighted by atomic mass is 32.2. The van der Waals surface area contributed by atoms with Crippen LogP contribution in [-0.4, -0.2) is 57.2 Å². The van der Waals surface area contributed by atoms with E-state index in [-0.39, 0.29) is 35.2 Å². The van der Waals surface area contributed by atoms with Gasteiger partial charge >= 0.3 is 5.97 Å². The number of esters is 1. The van der Waals surface area contributed by atoms with Gasteiger partial charge in [0.1, 0.15) is 5.75 Å². The van der Waals surface area contributed by atoms with Gasteiger partial charge in [0.05, 0.1) is 30.8 Å². The summed E-state index contributed by atoms with van der Waals surface area (Å²) >= 11 is 0. The Morgan fingerprint density at radius 2 is 1.97 bits per heavy atom. The summed E-state index contributed by atoms with van der Waals surface area (Å²) in [7, 11) is -1.44. The number of aromatic nitrogens is 1. The number of sulfonamides is 1. The lowest BCUT2D eigenvalue weighted by Gasteiger charge is -2.25. The summed E-state index contributed by atoms with van der Waals surface area (Å²) < 4.78 is 44.5. The van der Waals surface area contributed by atoms with Crippen LogP contribution in [0.3, 0.4) is 0 Å². The molecule has 2 heterocycles. The van der Waals surface area contributed by atoms with E-state index in [1.807, 2.05) is 0 Å². The fourth-order valence-electron chi connectivity index (χ4n) is 4.04. The number of nitrogens with zero attached hydrogens (tertiary/aromatic N) is 1. The van der Waals surface area contributed by atoms with E-state index in [1.54, 1.807) is 43.5 Å². The molecule has 1 aromatic heterocycles. The number of fused-ring (bicyclic) bond motifs is 1. The van der Waals surface area contributed by atoms with E-state index in [0.29, 0.717) is 29.7 Å². The Hall–Kier alpha value is -3.21. The maximum atomic E-state index is 13.8. The van der Waals surface area contributed by atoms with Gasteiger partial charge in [0, 0.05) is 36.2 Å². The number of carbonyl (C=O) groups excluding carboxylic acids is 1. The lowest BCUT2D eigenvalue weighted by atomic mass is 10.1. The number of benzene rings is 2. The molecule has 0 spiro atoms. The number of carbonyl (C=O) groups is 1. The SMILES string of the molecule is COC(=O)c1ccccc1S(=O)(=O)N(Cc1cc2cc(OC)ccc2[nH]c1=O)CC1CCCO1. The Bertz CT molecular complexity index is 1360. The van der Waals surface area contributed by atoms with E-state index in [0.717, 1.165) is 6.42 Å². The Morgan fingerprint density at radius 3 is 2.68 bits per heavy atom. The number of H-pyrrole nitrogens is 1. The van der Waals surface area contributed by atoms with E-state index in [4.69, 9.17) is 14.2 Å². The molecular weight excluding hydrogens is 460 g/mol. The molecule has 0 saturated carbocycles. The van der Waals surface area contributed by atoms with Crippen LogP contribution in [0.4, 0.5) is 0 Å². The molecule has 4 rings (SSSR count). The third kappa shape index (κ3) is 4.84. The van der Waals surface area contributed by atoms with Gasteiger partial charge in [-0.25, -0.2) is 13.2 Å². The van der Waals surface area contributed by atoms with Gasteiger partial charge in [0.25, 0.3) is 5.56 Å². The molecule has 0 amide bonds. The second-order valence-electron chi connectivity index (χ2n) is 8.00. The van der Waals surface area contributed by atoms with Gasteiger partial charge in [0.2, 0.25) is 10.0 Å². The summed E-state index contributed by atoms with van der Waals surface area (Å²) in [6.07, 6.45) is 1.23. The zero-order chi connectivity index (χ0) is 24.3. The van der Waals surface area contributed by atoms with Crippen molar-refractivity contribution < 1.29 is 27.4 Å². The van der Waals surface area contributed by atoms with Crippen LogP contribution in [0.25, 0.3) is 10.9 Å². The van der Waals surface area contributed by atoms with Gasteiger partial charge in [-0.15, -0.1) is 0 Å². The highest BCUT2D eigenvalue weighted by Gasteiger charge is 2.33. The van der Waals surface area contributed by atoms with Crippen LogP contribution in [-0.2, 0) is 26.0 Å². The molecule has 34 heavy (non-hydrogen) atoms. The van der Waals surface area contributed by atoms with E-state index < -0.39 is 21.6 Å². The van der Waals surface area contributed by atoms with Crippen molar-refractivity contribution >= 4 is 26.9 Å². The standard InChI is InChI=1S/C24H26N2O7S/c1-31-18-9-10-21-16(13-18)12-17(23(27)25-21)14-26(15-19-6-5-11-33-19)34(29,30)22-8-4-3-7-20(22)24(28)32-2/h3-4,7-10,12-13,19H,5-6,11,14-15H2,1-2H3,(H,25,27). The Balaban J connectivity index is 1.77. The molecule has 1 aliphatic heterocycles. The molecule has 180 valence electrons. The number of hydrogen-bond acceptors (Lipinski definition) is 7. The van der Waals surface area contributed by atoms with Gasteiger partial charge in [0.15, 0.2) is 0 Å². The van der Waals surface area contributed by atoms with Crippen molar-refractivity contribution in [2.75, 3.05) is 27.4 Å². The highest BCUT2D eigenvalue weighted by molar-refractivity contribution is 7.89. The van der Waals surface area contributed by atoms with Crippen LogP contribution >= 0.6 is 0 Å². The fourth-order valence-corrected chi connectivity index (χ4v) is 5.67. The summed E-state index contributed by atoms with van der Waals surface area (Å²) in [6.45, 7) is 0.404. The first kappa shape index (κ1) is 23.9. The molecule has 1 N–H and O–H groups in total. The summed E-state index contributed by atoms with van der Waals surface area (Å²) in [4.78, 5) is 27.7. The maximum absolute atomic E-state index is 13.8. The molecule has 9 nitrogen and oxygen atoms in total. The average molecular weight is 487 g/mol.